The van der Waals surface area contributed by atoms with E-state index in [1.54, 1.807) is 11.3 Å². The number of hydrogen-bond donors (Lipinski definition) is 1. The molecule has 116 valence electrons. The Labute approximate surface area is 135 Å². The van der Waals surface area contributed by atoms with Crippen LogP contribution in [0.3, 0.4) is 0 Å². The molecule has 1 aliphatic heterocycles. The van der Waals surface area contributed by atoms with Crippen molar-refractivity contribution in [3.63, 3.8) is 0 Å². The van der Waals surface area contributed by atoms with E-state index in [0.717, 1.165) is 30.7 Å². The summed E-state index contributed by atoms with van der Waals surface area (Å²) >= 11 is 1.60. The van der Waals surface area contributed by atoms with E-state index in [9.17, 15) is 4.79 Å². The van der Waals surface area contributed by atoms with Gasteiger partial charge in [0, 0.05) is 10.9 Å². The average Bonchev–Trinajstić information content (AvgIpc) is 2.83. The predicted octanol–water partition coefficient (Wildman–Crippen LogP) is 3.22. The van der Waals surface area contributed by atoms with Gasteiger partial charge in [-0.1, -0.05) is 30.3 Å². The van der Waals surface area contributed by atoms with Gasteiger partial charge in [0.1, 0.15) is 4.88 Å². The van der Waals surface area contributed by atoms with Crippen LogP contribution in [0.5, 0.6) is 0 Å². The zero-order valence-corrected chi connectivity index (χ0v) is 13.6. The molecule has 0 fully saturated rings. The number of esters is 1. The lowest BCUT2D eigenvalue weighted by Gasteiger charge is -2.15. The summed E-state index contributed by atoms with van der Waals surface area (Å²) in [6.07, 6.45) is 2.98. The number of hydrogen-bond acceptors (Lipinski definition) is 4. The third kappa shape index (κ3) is 3.57. The van der Waals surface area contributed by atoms with Crippen molar-refractivity contribution in [1.29, 1.82) is 0 Å². The van der Waals surface area contributed by atoms with E-state index in [-0.39, 0.29) is 5.97 Å². The molecule has 2 heterocycles. The van der Waals surface area contributed by atoms with Gasteiger partial charge < -0.3 is 10.1 Å². The first-order chi connectivity index (χ1) is 10.8. The van der Waals surface area contributed by atoms with Crippen molar-refractivity contribution in [3.8, 4) is 0 Å². The Kier molecular flexibility index (Phi) is 4.90. The second kappa shape index (κ2) is 7.07. The van der Waals surface area contributed by atoms with Crippen molar-refractivity contribution in [2.24, 2.45) is 0 Å². The highest BCUT2D eigenvalue weighted by Crippen LogP contribution is 2.27. The van der Waals surface area contributed by atoms with Crippen LogP contribution in [-0.2, 0) is 24.0 Å². The Morgan fingerprint density at radius 2 is 2.18 bits per heavy atom. The SMILES string of the molecule is CCOC(=O)c1cc2c(s1)CC(Cc1ccccc1)NCC2. The zero-order chi connectivity index (χ0) is 15.4. The van der Waals surface area contributed by atoms with Crippen molar-refractivity contribution < 1.29 is 9.53 Å². The molecule has 0 bridgehead atoms. The molecule has 3 rings (SSSR count). The maximum Gasteiger partial charge on any atom is 0.348 e. The van der Waals surface area contributed by atoms with Gasteiger partial charge in [-0.15, -0.1) is 11.3 Å². The lowest BCUT2D eigenvalue weighted by atomic mass is 10.0. The normalized spacial score (nSPS) is 17.6. The monoisotopic (exact) mass is 315 g/mol. The fourth-order valence-electron chi connectivity index (χ4n) is 2.90. The quantitative estimate of drug-likeness (QED) is 0.880. The summed E-state index contributed by atoms with van der Waals surface area (Å²) in [5.41, 5.74) is 2.65. The van der Waals surface area contributed by atoms with Crippen LogP contribution in [0.2, 0.25) is 0 Å². The third-order valence-corrected chi connectivity index (χ3v) is 5.14. The molecular formula is C18H21NO2S. The fourth-order valence-corrected chi connectivity index (χ4v) is 4.09. The van der Waals surface area contributed by atoms with Crippen LogP contribution in [0.4, 0.5) is 0 Å². The Morgan fingerprint density at radius 1 is 1.36 bits per heavy atom. The molecule has 2 aromatic rings. The molecule has 1 aromatic carbocycles. The number of benzene rings is 1. The first-order valence-corrected chi connectivity index (χ1v) is 8.64. The van der Waals surface area contributed by atoms with E-state index in [1.165, 1.54) is 16.0 Å². The van der Waals surface area contributed by atoms with Crippen molar-refractivity contribution >= 4 is 17.3 Å². The molecule has 1 unspecified atom stereocenters. The molecule has 1 aromatic heterocycles. The van der Waals surface area contributed by atoms with Crippen LogP contribution in [-0.4, -0.2) is 25.2 Å². The van der Waals surface area contributed by atoms with E-state index >= 15 is 0 Å². The predicted molar refractivity (Wildman–Crippen MR) is 89.6 cm³/mol. The van der Waals surface area contributed by atoms with Crippen LogP contribution in [0, 0.1) is 0 Å². The lowest BCUT2D eigenvalue weighted by molar-refractivity contribution is 0.0532. The summed E-state index contributed by atoms with van der Waals surface area (Å²) in [5, 5.41) is 3.63. The molecule has 22 heavy (non-hydrogen) atoms. The maximum atomic E-state index is 11.9. The number of carbonyl (C=O) groups excluding carboxylic acids is 1. The number of thiophene rings is 1. The number of ether oxygens (including phenoxy) is 1. The highest BCUT2D eigenvalue weighted by atomic mass is 32.1. The van der Waals surface area contributed by atoms with Crippen molar-refractivity contribution in [3.05, 3.63) is 57.3 Å². The molecule has 0 saturated carbocycles. The van der Waals surface area contributed by atoms with Gasteiger partial charge in [-0.2, -0.15) is 0 Å². The van der Waals surface area contributed by atoms with E-state index in [1.807, 2.05) is 19.1 Å². The molecule has 0 spiro atoms. The first-order valence-electron chi connectivity index (χ1n) is 7.82. The number of nitrogens with one attached hydrogen (secondary N) is 1. The molecule has 1 atom stereocenters. The Balaban J connectivity index is 1.73. The summed E-state index contributed by atoms with van der Waals surface area (Å²) in [6.45, 7) is 3.24. The lowest BCUT2D eigenvalue weighted by Crippen LogP contribution is -2.32. The molecule has 1 N–H and O–H groups in total. The second-order valence-electron chi connectivity index (χ2n) is 5.57. The molecule has 0 radical (unpaired) electrons. The minimum absolute atomic E-state index is 0.187. The van der Waals surface area contributed by atoms with Crippen molar-refractivity contribution in [2.75, 3.05) is 13.2 Å². The van der Waals surface area contributed by atoms with Gasteiger partial charge in [-0.25, -0.2) is 4.79 Å². The van der Waals surface area contributed by atoms with Crippen LogP contribution in [0.25, 0.3) is 0 Å². The largest absolute Gasteiger partial charge is 0.462 e. The van der Waals surface area contributed by atoms with Gasteiger partial charge in [-0.05, 0) is 49.9 Å². The Bertz CT molecular complexity index is 636. The smallest absolute Gasteiger partial charge is 0.348 e. The standard InChI is InChI=1S/C18H21NO2S/c1-2-21-18(20)17-11-14-8-9-19-15(12-16(14)22-17)10-13-6-4-3-5-7-13/h3-7,11,15,19H,2,8-10,12H2,1H3. The molecule has 0 saturated heterocycles. The van der Waals surface area contributed by atoms with E-state index < -0.39 is 0 Å². The number of rotatable bonds is 4. The number of fused-ring (bicyclic) bond motifs is 1. The van der Waals surface area contributed by atoms with Gasteiger partial charge in [0.05, 0.1) is 6.61 Å². The average molecular weight is 315 g/mol. The molecule has 3 nitrogen and oxygen atoms in total. The third-order valence-electron chi connectivity index (χ3n) is 3.96. The summed E-state index contributed by atoms with van der Waals surface area (Å²) in [4.78, 5) is 14.0. The second-order valence-corrected chi connectivity index (χ2v) is 6.71. The van der Waals surface area contributed by atoms with Crippen LogP contribution in [0.1, 0.15) is 32.6 Å². The van der Waals surface area contributed by atoms with Gasteiger partial charge >= 0.3 is 5.97 Å². The Hall–Kier alpha value is -1.65. The maximum absolute atomic E-state index is 11.9. The van der Waals surface area contributed by atoms with Gasteiger partial charge in [-0.3, -0.25) is 0 Å². The van der Waals surface area contributed by atoms with Gasteiger partial charge in [0.2, 0.25) is 0 Å². The number of carbonyl (C=O) groups is 1. The van der Waals surface area contributed by atoms with Crippen molar-refractivity contribution in [1.82, 2.24) is 5.32 Å². The summed E-state index contributed by atoms with van der Waals surface area (Å²) < 4.78 is 5.12. The van der Waals surface area contributed by atoms with Crippen LogP contribution < -0.4 is 5.32 Å². The van der Waals surface area contributed by atoms with E-state index in [0.29, 0.717) is 12.6 Å². The summed E-state index contributed by atoms with van der Waals surface area (Å²) in [5.74, 6) is -0.187. The van der Waals surface area contributed by atoms with E-state index in [2.05, 4.69) is 29.6 Å². The first kappa shape index (κ1) is 15.3. The van der Waals surface area contributed by atoms with Crippen LogP contribution in [0.15, 0.2) is 36.4 Å². The Morgan fingerprint density at radius 3 is 2.95 bits per heavy atom. The minimum Gasteiger partial charge on any atom is -0.462 e. The van der Waals surface area contributed by atoms with E-state index in [4.69, 9.17) is 4.74 Å². The molecule has 0 amide bonds. The zero-order valence-electron chi connectivity index (χ0n) is 12.8. The topological polar surface area (TPSA) is 38.3 Å². The molecule has 0 aliphatic carbocycles. The highest BCUT2D eigenvalue weighted by molar-refractivity contribution is 7.14. The van der Waals surface area contributed by atoms with Gasteiger partial charge in [0.25, 0.3) is 0 Å². The molecular weight excluding hydrogens is 294 g/mol. The van der Waals surface area contributed by atoms with Crippen LogP contribution >= 0.6 is 11.3 Å². The van der Waals surface area contributed by atoms with Gasteiger partial charge in [0.15, 0.2) is 0 Å². The summed E-state index contributed by atoms with van der Waals surface area (Å²) in [6, 6.07) is 13.0. The minimum atomic E-state index is -0.187. The fraction of sp³-hybridized carbons (Fsp3) is 0.389. The van der Waals surface area contributed by atoms with Crippen molar-refractivity contribution in [2.45, 2.75) is 32.2 Å². The molecule has 1 aliphatic rings. The molecule has 4 heteroatoms. The highest BCUT2D eigenvalue weighted by Gasteiger charge is 2.21. The summed E-state index contributed by atoms with van der Waals surface area (Å²) in [7, 11) is 0.